The largest absolute Gasteiger partial charge is 0.383 e. The molecule has 0 radical (unpaired) electrons. The SMILES string of the molecule is CCCCn1c(N)c(N(CC)C(=O)c2ccc(CN3C(=O)CCC3=O)cc2)c(=O)[nH]c1=O. The van der Waals surface area contributed by atoms with Gasteiger partial charge in [0.2, 0.25) is 11.8 Å². The van der Waals surface area contributed by atoms with Gasteiger partial charge in [-0.3, -0.25) is 33.6 Å². The molecule has 1 aromatic heterocycles. The van der Waals surface area contributed by atoms with Crippen LogP contribution >= 0.6 is 0 Å². The minimum atomic E-state index is -0.724. The van der Waals surface area contributed by atoms with Crippen LogP contribution in [0.15, 0.2) is 33.9 Å². The van der Waals surface area contributed by atoms with Gasteiger partial charge in [-0.25, -0.2) is 4.79 Å². The molecular formula is C22H27N5O5. The lowest BCUT2D eigenvalue weighted by atomic mass is 10.1. The number of unbranched alkanes of at least 4 members (excludes halogenated alkanes) is 1. The van der Waals surface area contributed by atoms with Crippen molar-refractivity contribution in [2.75, 3.05) is 17.2 Å². The second-order valence-corrected chi connectivity index (χ2v) is 7.62. The lowest BCUT2D eigenvalue weighted by molar-refractivity contribution is -0.139. The lowest BCUT2D eigenvalue weighted by Crippen LogP contribution is -2.41. The van der Waals surface area contributed by atoms with Gasteiger partial charge in [0.25, 0.3) is 11.5 Å². The van der Waals surface area contributed by atoms with Crippen LogP contribution < -0.4 is 21.9 Å². The highest BCUT2D eigenvalue weighted by molar-refractivity contribution is 6.07. The Bertz CT molecular complexity index is 1130. The molecule has 2 aromatic rings. The van der Waals surface area contributed by atoms with Crippen molar-refractivity contribution in [1.29, 1.82) is 0 Å². The number of imide groups is 1. The molecule has 170 valence electrons. The maximum absolute atomic E-state index is 13.2. The molecule has 0 bridgehead atoms. The number of hydrogen-bond donors (Lipinski definition) is 2. The first-order valence-electron chi connectivity index (χ1n) is 10.6. The third kappa shape index (κ3) is 4.48. The van der Waals surface area contributed by atoms with Gasteiger partial charge in [0.15, 0.2) is 5.69 Å². The van der Waals surface area contributed by atoms with E-state index in [4.69, 9.17) is 5.73 Å². The summed E-state index contributed by atoms with van der Waals surface area (Å²) in [5.74, 6) is -0.921. The maximum Gasteiger partial charge on any atom is 0.330 e. The molecule has 3 rings (SSSR count). The van der Waals surface area contributed by atoms with E-state index < -0.39 is 17.2 Å². The van der Waals surface area contributed by atoms with Crippen LogP contribution in [0, 0.1) is 0 Å². The van der Waals surface area contributed by atoms with Crippen molar-refractivity contribution in [3.63, 3.8) is 0 Å². The zero-order chi connectivity index (χ0) is 23.4. The van der Waals surface area contributed by atoms with Gasteiger partial charge in [-0.2, -0.15) is 0 Å². The molecule has 0 saturated carbocycles. The third-order valence-corrected chi connectivity index (χ3v) is 5.48. The Labute approximate surface area is 184 Å². The first kappa shape index (κ1) is 23.0. The predicted octanol–water partition coefficient (Wildman–Crippen LogP) is 1.23. The van der Waals surface area contributed by atoms with E-state index in [1.54, 1.807) is 31.2 Å². The van der Waals surface area contributed by atoms with Crippen LogP contribution in [0.5, 0.6) is 0 Å². The van der Waals surface area contributed by atoms with Crippen molar-refractivity contribution >= 4 is 29.2 Å². The summed E-state index contributed by atoms with van der Waals surface area (Å²) in [6.07, 6.45) is 1.96. The van der Waals surface area contributed by atoms with Crippen LogP contribution in [-0.2, 0) is 22.7 Å². The molecule has 1 fully saturated rings. The van der Waals surface area contributed by atoms with Crippen LogP contribution in [0.4, 0.5) is 11.5 Å². The van der Waals surface area contributed by atoms with Crippen molar-refractivity contribution < 1.29 is 14.4 Å². The molecule has 3 amide bonds. The number of carbonyl (C=O) groups is 3. The number of aromatic nitrogens is 2. The van der Waals surface area contributed by atoms with E-state index in [9.17, 15) is 24.0 Å². The van der Waals surface area contributed by atoms with Crippen LogP contribution in [0.2, 0.25) is 0 Å². The van der Waals surface area contributed by atoms with E-state index in [0.29, 0.717) is 24.1 Å². The molecule has 2 heterocycles. The van der Waals surface area contributed by atoms with Crippen LogP contribution in [-0.4, -0.2) is 38.7 Å². The number of hydrogen-bond acceptors (Lipinski definition) is 6. The molecule has 1 aliphatic heterocycles. The highest BCUT2D eigenvalue weighted by Gasteiger charge is 2.29. The average Bonchev–Trinajstić information content (AvgIpc) is 3.08. The number of likely N-dealkylation sites (tertiary alicyclic amines) is 1. The summed E-state index contributed by atoms with van der Waals surface area (Å²) in [5, 5.41) is 0. The van der Waals surface area contributed by atoms with Gasteiger partial charge in [0.05, 0.1) is 6.54 Å². The first-order chi connectivity index (χ1) is 15.3. The fourth-order valence-corrected chi connectivity index (χ4v) is 3.67. The third-order valence-electron chi connectivity index (χ3n) is 5.48. The lowest BCUT2D eigenvalue weighted by Gasteiger charge is -2.23. The topological polar surface area (TPSA) is 139 Å². The molecule has 0 unspecified atom stereocenters. The molecule has 10 heteroatoms. The Hall–Kier alpha value is -3.69. The summed E-state index contributed by atoms with van der Waals surface area (Å²) >= 11 is 0. The first-order valence-corrected chi connectivity index (χ1v) is 10.6. The number of benzene rings is 1. The molecule has 1 aliphatic rings. The van der Waals surface area contributed by atoms with Gasteiger partial charge < -0.3 is 10.6 Å². The fraction of sp³-hybridized carbons (Fsp3) is 0.409. The molecule has 1 aromatic carbocycles. The van der Waals surface area contributed by atoms with Crippen LogP contribution in [0.1, 0.15) is 55.5 Å². The van der Waals surface area contributed by atoms with Crippen molar-refractivity contribution in [2.24, 2.45) is 0 Å². The Morgan fingerprint density at radius 1 is 1.06 bits per heavy atom. The molecule has 0 atom stereocenters. The average molecular weight is 441 g/mol. The van der Waals surface area contributed by atoms with Crippen molar-refractivity contribution in [2.45, 2.75) is 52.6 Å². The number of carbonyl (C=O) groups excluding carboxylic acids is 3. The fourth-order valence-electron chi connectivity index (χ4n) is 3.67. The van der Waals surface area contributed by atoms with E-state index in [1.165, 1.54) is 14.4 Å². The predicted molar refractivity (Wildman–Crippen MR) is 119 cm³/mol. The second kappa shape index (κ2) is 9.63. The minimum Gasteiger partial charge on any atom is -0.383 e. The number of H-pyrrole nitrogens is 1. The van der Waals surface area contributed by atoms with E-state index >= 15 is 0 Å². The Morgan fingerprint density at radius 2 is 1.69 bits per heavy atom. The summed E-state index contributed by atoms with van der Waals surface area (Å²) in [4.78, 5) is 66.1. The van der Waals surface area contributed by atoms with E-state index in [0.717, 1.165) is 6.42 Å². The molecule has 0 aliphatic carbocycles. The van der Waals surface area contributed by atoms with Gasteiger partial charge >= 0.3 is 5.69 Å². The zero-order valence-corrected chi connectivity index (χ0v) is 18.2. The van der Waals surface area contributed by atoms with Gasteiger partial charge in [0, 0.05) is 31.5 Å². The second-order valence-electron chi connectivity index (χ2n) is 7.62. The molecule has 0 spiro atoms. The van der Waals surface area contributed by atoms with Crippen LogP contribution in [0.3, 0.4) is 0 Å². The zero-order valence-electron chi connectivity index (χ0n) is 18.2. The Kier molecular flexibility index (Phi) is 6.92. The van der Waals surface area contributed by atoms with Crippen molar-refractivity contribution in [1.82, 2.24) is 14.5 Å². The number of amides is 3. The van der Waals surface area contributed by atoms with E-state index in [2.05, 4.69) is 4.98 Å². The van der Waals surface area contributed by atoms with E-state index in [1.807, 2.05) is 6.92 Å². The number of rotatable bonds is 8. The van der Waals surface area contributed by atoms with Gasteiger partial charge in [-0.05, 0) is 31.0 Å². The van der Waals surface area contributed by atoms with Gasteiger partial charge in [-0.15, -0.1) is 0 Å². The number of anilines is 2. The highest BCUT2D eigenvalue weighted by atomic mass is 16.2. The van der Waals surface area contributed by atoms with Gasteiger partial charge in [0.1, 0.15) is 5.82 Å². The van der Waals surface area contributed by atoms with Crippen LogP contribution in [0.25, 0.3) is 0 Å². The van der Waals surface area contributed by atoms with Crippen molar-refractivity contribution in [3.05, 3.63) is 56.2 Å². The molecule has 3 N–H and O–H groups in total. The number of nitrogens with one attached hydrogen (secondary N) is 1. The molecule has 10 nitrogen and oxygen atoms in total. The molecular weight excluding hydrogens is 414 g/mol. The Balaban J connectivity index is 1.88. The summed E-state index contributed by atoms with van der Waals surface area (Å²) in [5.41, 5.74) is 5.76. The monoisotopic (exact) mass is 441 g/mol. The normalized spacial score (nSPS) is 13.6. The standard InChI is InChI=1S/C22H27N5O5/c1-3-5-12-26-19(23)18(20(30)24-22(26)32)25(4-2)21(31)15-8-6-14(7-9-15)13-27-16(28)10-11-17(27)29/h6-9H,3-5,10-13,23H2,1-2H3,(H,24,30,32). The summed E-state index contributed by atoms with van der Waals surface area (Å²) in [6, 6.07) is 6.47. The number of aromatic amines is 1. The number of nitrogen functional groups attached to an aromatic ring is 1. The highest BCUT2D eigenvalue weighted by Crippen LogP contribution is 2.21. The number of nitrogens with zero attached hydrogens (tertiary/aromatic N) is 3. The van der Waals surface area contributed by atoms with Gasteiger partial charge in [-0.1, -0.05) is 25.5 Å². The van der Waals surface area contributed by atoms with Crippen molar-refractivity contribution in [3.8, 4) is 0 Å². The molecule has 32 heavy (non-hydrogen) atoms. The van der Waals surface area contributed by atoms with E-state index in [-0.39, 0.29) is 49.3 Å². The minimum absolute atomic E-state index is 0.0509. The summed E-state index contributed by atoms with van der Waals surface area (Å²) in [6.45, 7) is 4.32. The maximum atomic E-state index is 13.2. The Morgan fingerprint density at radius 3 is 2.25 bits per heavy atom. The smallest absolute Gasteiger partial charge is 0.330 e. The summed E-state index contributed by atoms with van der Waals surface area (Å²) in [7, 11) is 0. The molecule has 1 saturated heterocycles. The number of nitrogens with two attached hydrogens (primary N) is 1. The quantitative estimate of drug-likeness (QED) is 0.591. The summed E-state index contributed by atoms with van der Waals surface area (Å²) < 4.78 is 1.27.